The van der Waals surface area contributed by atoms with Crippen LogP contribution in [0.15, 0.2) is 60.1 Å². The summed E-state index contributed by atoms with van der Waals surface area (Å²) in [4.78, 5) is 21.5. The summed E-state index contributed by atoms with van der Waals surface area (Å²) >= 11 is 0. The highest BCUT2D eigenvalue weighted by molar-refractivity contribution is 5.89. The minimum Gasteiger partial charge on any atom is -0.491 e. The summed E-state index contributed by atoms with van der Waals surface area (Å²) in [7, 11) is 3.43. The second-order valence-electron chi connectivity index (χ2n) is 8.23. The number of carbonyl (C=O) groups excluding carboxylic acids is 1. The van der Waals surface area contributed by atoms with E-state index in [0.29, 0.717) is 19.8 Å². The molecule has 8 heteroatoms. The number of allylic oxidation sites excluding steroid dienone is 1. The van der Waals surface area contributed by atoms with E-state index in [2.05, 4.69) is 22.2 Å². The fourth-order valence-electron chi connectivity index (χ4n) is 3.83. The van der Waals surface area contributed by atoms with Crippen LogP contribution in [0.1, 0.15) is 31.9 Å². The van der Waals surface area contributed by atoms with E-state index in [1.807, 2.05) is 60.0 Å². The number of amides is 2. The van der Waals surface area contributed by atoms with Crippen LogP contribution in [0.5, 0.6) is 5.75 Å². The standard InChI is InChI=1S/C27H35N5O3/c1-20(2)32-25-15-14-22(35-18-17-34-4)19-24(25)31-23(26(32)28-3)13-9-6-10-16-29-27(33)30-21-11-7-5-8-12-21/h5,7-8,11-12,14-15,19H,1,6,9-10,13,16-18H2,2-4H3,(H2,29,30,33). The van der Waals surface area contributed by atoms with Crippen LogP contribution in [-0.2, 0) is 11.2 Å². The van der Waals surface area contributed by atoms with Gasteiger partial charge < -0.3 is 20.1 Å². The van der Waals surface area contributed by atoms with Crippen molar-refractivity contribution in [3.05, 3.63) is 66.3 Å². The van der Waals surface area contributed by atoms with Crippen LogP contribution in [0.25, 0.3) is 16.7 Å². The predicted molar refractivity (Wildman–Crippen MR) is 141 cm³/mol. The summed E-state index contributed by atoms with van der Waals surface area (Å²) in [5, 5.41) is 5.73. The lowest BCUT2D eigenvalue weighted by molar-refractivity contribution is 0.146. The zero-order chi connectivity index (χ0) is 25.0. The van der Waals surface area contributed by atoms with Crippen molar-refractivity contribution in [2.45, 2.75) is 32.6 Å². The van der Waals surface area contributed by atoms with Gasteiger partial charge in [0.2, 0.25) is 0 Å². The van der Waals surface area contributed by atoms with Crippen molar-refractivity contribution in [1.82, 2.24) is 14.9 Å². The Kier molecular flexibility index (Phi) is 9.86. The number of methoxy groups -OCH3 is 1. The topological polar surface area (TPSA) is 89.8 Å². The molecule has 2 N–H and O–H groups in total. The maximum absolute atomic E-state index is 12.0. The molecule has 0 bridgehead atoms. The fourth-order valence-corrected chi connectivity index (χ4v) is 3.83. The van der Waals surface area contributed by atoms with E-state index < -0.39 is 0 Å². The first-order chi connectivity index (χ1) is 17.0. The van der Waals surface area contributed by atoms with Crippen molar-refractivity contribution in [3.8, 4) is 5.75 Å². The predicted octanol–water partition coefficient (Wildman–Crippen LogP) is 4.62. The molecule has 3 rings (SSSR count). The SMILES string of the molecule is C=C(C)n1c(=NC)c(CCCCCNC(=O)Nc2ccccc2)nc2cc(OCCOC)ccc21. The summed E-state index contributed by atoms with van der Waals surface area (Å²) in [5.41, 5.74) is 5.17. The van der Waals surface area contributed by atoms with E-state index >= 15 is 0 Å². The van der Waals surface area contributed by atoms with Crippen LogP contribution in [0.2, 0.25) is 0 Å². The van der Waals surface area contributed by atoms with Gasteiger partial charge in [0.15, 0.2) is 5.49 Å². The Morgan fingerprint density at radius 1 is 1.11 bits per heavy atom. The zero-order valence-corrected chi connectivity index (χ0v) is 20.8. The second kappa shape index (κ2) is 13.3. The lowest BCUT2D eigenvalue weighted by Crippen LogP contribution is -2.29. The highest BCUT2D eigenvalue weighted by atomic mass is 16.5. The smallest absolute Gasteiger partial charge is 0.319 e. The average molecular weight is 478 g/mol. The fraction of sp³-hybridized carbons (Fsp3) is 0.370. The number of nitrogens with one attached hydrogen (secondary N) is 2. The number of urea groups is 1. The summed E-state index contributed by atoms with van der Waals surface area (Å²) in [6.07, 6.45) is 3.55. The first kappa shape index (κ1) is 26.0. The molecule has 1 aromatic heterocycles. The van der Waals surface area contributed by atoms with Crippen LogP contribution in [0.4, 0.5) is 10.5 Å². The van der Waals surface area contributed by atoms with Crippen LogP contribution in [-0.4, -0.2) is 49.5 Å². The number of aryl methyl sites for hydroxylation is 1. The number of para-hydroxylation sites is 1. The van der Waals surface area contributed by atoms with E-state index in [1.54, 1.807) is 14.2 Å². The van der Waals surface area contributed by atoms with Crippen LogP contribution in [0, 0.1) is 0 Å². The molecule has 2 amide bonds. The molecule has 0 aliphatic heterocycles. The van der Waals surface area contributed by atoms with Crippen LogP contribution < -0.4 is 20.9 Å². The Morgan fingerprint density at radius 3 is 2.63 bits per heavy atom. The number of hydrogen-bond acceptors (Lipinski definition) is 5. The molecule has 0 aliphatic rings. The molecular weight excluding hydrogens is 442 g/mol. The average Bonchev–Trinajstić information content (AvgIpc) is 2.85. The van der Waals surface area contributed by atoms with Gasteiger partial charge in [0.1, 0.15) is 12.4 Å². The maximum Gasteiger partial charge on any atom is 0.319 e. The quantitative estimate of drug-likeness (QED) is 0.373. The number of unbranched alkanes of at least 4 members (excludes halogenated alkanes) is 2. The Hall–Kier alpha value is -3.65. The molecule has 0 saturated heterocycles. The molecule has 0 unspecified atom stereocenters. The molecule has 0 fully saturated rings. The molecule has 2 aromatic carbocycles. The Morgan fingerprint density at radius 2 is 1.91 bits per heavy atom. The minimum absolute atomic E-state index is 0.189. The molecule has 0 aliphatic carbocycles. The molecule has 186 valence electrons. The molecular formula is C27H35N5O3. The lowest BCUT2D eigenvalue weighted by atomic mass is 10.1. The largest absolute Gasteiger partial charge is 0.491 e. The third kappa shape index (κ3) is 7.42. The van der Waals surface area contributed by atoms with Crippen molar-refractivity contribution in [2.24, 2.45) is 4.99 Å². The van der Waals surface area contributed by atoms with Crippen molar-refractivity contribution in [3.63, 3.8) is 0 Å². The number of anilines is 1. The van der Waals surface area contributed by atoms with Gasteiger partial charge in [-0.1, -0.05) is 31.2 Å². The normalized spacial score (nSPS) is 11.5. The number of hydrogen-bond donors (Lipinski definition) is 2. The van der Waals surface area contributed by atoms with Crippen LogP contribution >= 0.6 is 0 Å². The molecule has 3 aromatic rings. The van der Waals surface area contributed by atoms with Gasteiger partial charge in [0.05, 0.1) is 23.3 Å². The molecule has 0 atom stereocenters. The van der Waals surface area contributed by atoms with Gasteiger partial charge in [-0.3, -0.25) is 9.56 Å². The first-order valence-electron chi connectivity index (χ1n) is 11.9. The van der Waals surface area contributed by atoms with Crippen LogP contribution in [0.3, 0.4) is 0 Å². The van der Waals surface area contributed by atoms with Crippen molar-refractivity contribution in [1.29, 1.82) is 0 Å². The molecule has 8 nitrogen and oxygen atoms in total. The number of carbonyl (C=O) groups is 1. The number of ether oxygens (including phenoxy) is 2. The van der Waals surface area contributed by atoms with Crippen molar-refractivity contribution < 1.29 is 14.3 Å². The highest BCUT2D eigenvalue weighted by Gasteiger charge is 2.11. The number of aromatic nitrogens is 2. The van der Waals surface area contributed by atoms with Crippen molar-refractivity contribution >= 4 is 28.4 Å². The summed E-state index contributed by atoms with van der Waals surface area (Å²) in [6.45, 7) is 7.74. The monoisotopic (exact) mass is 477 g/mol. The van der Waals surface area contributed by atoms with Crippen molar-refractivity contribution in [2.75, 3.05) is 39.2 Å². The third-order valence-electron chi connectivity index (χ3n) is 5.47. The summed E-state index contributed by atoms with van der Waals surface area (Å²) in [6, 6.07) is 15.1. The Labute approximate surface area is 206 Å². The molecule has 1 heterocycles. The number of nitrogens with zero attached hydrogens (tertiary/aromatic N) is 3. The van der Waals surface area contributed by atoms with E-state index in [1.165, 1.54) is 0 Å². The Balaban J connectivity index is 1.61. The molecule has 0 saturated carbocycles. The van der Waals surface area contributed by atoms with Gasteiger partial charge in [-0.25, -0.2) is 9.78 Å². The van der Waals surface area contributed by atoms with E-state index in [-0.39, 0.29) is 6.03 Å². The maximum atomic E-state index is 12.0. The van der Waals surface area contributed by atoms with Gasteiger partial charge in [-0.2, -0.15) is 0 Å². The second-order valence-corrected chi connectivity index (χ2v) is 8.23. The van der Waals surface area contributed by atoms with E-state index in [4.69, 9.17) is 14.5 Å². The van der Waals surface area contributed by atoms with Gasteiger partial charge >= 0.3 is 6.03 Å². The first-order valence-corrected chi connectivity index (χ1v) is 11.9. The number of benzene rings is 2. The molecule has 35 heavy (non-hydrogen) atoms. The van der Waals surface area contributed by atoms with Gasteiger partial charge in [-0.15, -0.1) is 0 Å². The zero-order valence-electron chi connectivity index (χ0n) is 20.8. The summed E-state index contributed by atoms with van der Waals surface area (Å²) < 4.78 is 12.9. The third-order valence-corrected chi connectivity index (χ3v) is 5.47. The Bertz CT molecular complexity index is 1200. The number of rotatable bonds is 12. The molecule has 0 spiro atoms. The van der Waals surface area contributed by atoms with Gasteiger partial charge in [0.25, 0.3) is 0 Å². The highest BCUT2D eigenvalue weighted by Crippen LogP contribution is 2.21. The lowest BCUT2D eigenvalue weighted by Gasteiger charge is -2.15. The minimum atomic E-state index is -0.189. The number of fused-ring (bicyclic) bond motifs is 1. The van der Waals surface area contributed by atoms with E-state index in [0.717, 1.165) is 65.0 Å². The summed E-state index contributed by atoms with van der Waals surface area (Å²) in [5.74, 6) is 0.752. The molecule has 0 radical (unpaired) electrons. The van der Waals surface area contributed by atoms with Gasteiger partial charge in [-0.05, 0) is 50.5 Å². The van der Waals surface area contributed by atoms with E-state index in [9.17, 15) is 4.79 Å². The van der Waals surface area contributed by atoms with Gasteiger partial charge in [0, 0.05) is 38.2 Å².